The standard InChI is InChI=1S/C17H20FN5O2/c18-12-2-1-3-15(8-12)25-11-14-9-16(23-22-14)17(24)21-5-4-13-10-19-6-7-20-13/h1-3,6-8,10,14,16,22-23H,4-5,9,11H2,(H,21,24). The Morgan fingerprint density at radius 3 is 3.08 bits per heavy atom. The number of aromatic nitrogens is 2. The highest BCUT2D eigenvalue weighted by Gasteiger charge is 2.29. The second kappa shape index (κ2) is 8.50. The first kappa shape index (κ1) is 17.2. The first-order valence-electron chi connectivity index (χ1n) is 8.13. The zero-order valence-electron chi connectivity index (χ0n) is 13.6. The van der Waals surface area contributed by atoms with Gasteiger partial charge in [0.2, 0.25) is 5.91 Å². The highest BCUT2D eigenvalue weighted by atomic mass is 19.1. The van der Waals surface area contributed by atoms with E-state index in [9.17, 15) is 9.18 Å². The molecular formula is C17H20FN5O2. The van der Waals surface area contributed by atoms with Crippen molar-refractivity contribution >= 4 is 5.91 Å². The van der Waals surface area contributed by atoms with Crippen molar-refractivity contribution in [2.45, 2.75) is 24.9 Å². The first-order chi connectivity index (χ1) is 12.2. The number of carbonyl (C=O) groups excluding carboxylic acids is 1. The molecule has 0 spiro atoms. The molecule has 3 rings (SSSR count). The fourth-order valence-corrected chi connectivity index (χ4v) is 2.55. The summed E-state index contributed by atoms with van der Waals surface area (Å²) in [5.41, 5.74) is 6.82. The van der Waals surface area contributed by atoms with Crippen molar-refractivity contribution in [3.05, 3.63) is 54.4 Å². The predicted molar refractivity (Wildman–Crippen MR) is 89.1 cm³/mol. The second-order valence-electron chi connectivity index (χ2n) is 5.78. The van der Waals surface area contributed by atoms with Crippen LogP contribution in [0.2, 0.25) is 0 Å². The van der Waals surface area contributed by atoms with Gasteiger partial charge in [0.15, 0.2) is 0 Å². The number of nitrogens with zero attached hydrogens (tertiary/aromatic N) is 2. The van der Waals surface area contributed by atoms with Gasteiger partial charge in [0.05, 0.1) is 11.7 Å². The fraction of sp³-hybridized carbons (Fsp3) is 0.353. The SMILES string of the molecule is O=C(NCCc1cnccn1)C1CC(COc2cccc(F)c2)NN1. The Kier molecular flexibility index (Phi) is 5.86. The summed E-state index contributed by atoms with van der Waals surface area (Å²) in [7, 11) is 0. The van der Waals surface area contributed by atoms with Gasteiger partial charge in [-0.2, -0.15) is 0 Å². The number of rotatable bonds is 7. The number of carbonyl (C=O) groups is 1. The van der Waals surface area contributed by atoms with Gasteiger partial charge in [0, 0.05) is 37.6 Å². The van der Waals surface area contributed by atoms with Crippen LogP contribution in [-0.2, 0) is 11.2 Å². The average molecular weight is 345 g/mol. The molecule has 3 N–H and O–H groups in total. The highest BCUT2D eigenvalue weighted by molar-refractivity contribution is 5.82. The number of ether oxygens (including phenoxy) is 1. The fourth-order valence-electron chi connectivity index (χ4n) is 2.55. The molecule has 0 bridgehead atoms. The lowest BCUT2D eigenvalue weighted by Crippen LogP contribution is -2.44. The molecule has 1 aliphatic rings. The van der Waals surface area contributed by atoms with Gasteiger partial charge in [0.1, 0.15) is 24.2 Å². The van der Waals surface area contributed by atoms with E-state index in [0.717, 1.165) is 5.69 Å². The van der Waals surface area contributed by atoms with Crippen LogP contribution in [0.1, 0.15) is 12.1 Å². The topological polar surface area (TPSA) is 88.2 Å². The Labute approximate surface area is 145 Å². The molecule has 7 nitrogen and oxygen atoms in total. The lowest BCUT2D eigenvalue weighted by atomic mass is 10.1. The van der Waals surface area contributed by atoms with Crippen LogP contribution in [0.25, 0.3) is 0 Å². The van der Waals surface area contributed by atoms with Crippen molar-refractivity contribution in [2.24, 2.45) is 0 Å². The van der Waals surface area contributed by atoms with Gasteiger partial charge in [-0.05, 0) is 18.6 Å². The quantitative estimate of drug-likeness (QED) is 0.681. The summed E-state index contributed by atoms with van der Waals surface area (Å²) in [6.45, 7) is 0.847. The van der Waals surface area contributed by atoms with E-state index in [-0.39, 0.29) is 23.8 Å². The van der Waals surface area contributed by atoms with Gasteiger partial charge in [-0.1, -0.05) is 6.07 Å². The van der Waals surface area contributed by atoms with Crippen molar-refractivity contribution in [3.8, 4) is 5.75 Å². The molecule has 0 radical (unpaired) electrons. The van der Waals surface area contributed by atoms with Crippen LogP contribution >= 0.6 is 0 Å². The largest absolute Gasteiger partial charge is 0.492 e. The molecule has 1 aromatic carbocycles. The first-order valence-corrected chi connectivity index (χ1v) is 8.13. The van der Waals surface area contributed by atoms with Crippen molar-refractivity contribution in [1.29, 1.82) is 0 Å². The molecule has 1 amide bonds. The van der Waals surface area contributed by atoms with Crippen LogP contribution in [0.4, 0.5) is 4.39 Å². The molecule has 2 unspecified atom stereocenters. The van der Waals surface area contributed by atoms with E-state index in [0.29, 0.717) is 31.7 Å². The Bertz CT molecular complexity index is 700. The van der Waals surface area contributed by atoms with Gasteiger partial charge in [0.25, 0.3) is 0 Å². The van der Waals surface area contributed by atoms with E-state index in [4.69, 9.17) is 4.74 Å². The Balaban J connectivity index is 1.37. The Morgan fingerprint density at radius 2 is 2.28 bits per heavy atom. The lowest BCUT2D eigenvalue weighted by molar-refractivity contribution is -0.122. The maximum Gasteiger partial charge on any atom is 0.238 e. The van der Waals surface area contributed by atoms with Gasteiger partial charge >= 0.3 is 0 Å². The maximum atomic E-state index is 13.1. The molecule has 1 aromatic heterocycles. The summed E-state index contributed by atoms with van der Waals surface area (Å²) in [6.07, 6.45) is 6.14. The van der Waals surface area contributed by atoms with Gasteiger partial charge in [-0.3, -0.25) is 20.2 Å². The monoisotopic (exact) mass is 345 g/mol. The summed E-state index contributed by atoms with van der Waals surface area (Å²) in [5, 5.41) is 2.88. The Morgan fingerprint density at radius 1 is 1.36 bits per heavy atom. The number of hydrogen-bond donors (Lipinski definition) is 3. The van der Waals surface area contributed by atoms with Gasteiger partial charge in [-0.25, -0.2) is 9.82 Å². The maximum absolute atomic E-state index is 13.1. The van der Waals surface area contributed by atoms with Gasteiger partial charge < -0.3 is 10.1 Å². The van der Waals surface area contributed by atoms with Crippen LogP contribution in [0, 0.1) is 5.82 Å². The zero-order valence-corrected chi connectivity index (χ0v) is 13.6. The van der Waals surface area contributed by atoms with E-state index in [1.54, 1.807) is 30.7 Å². The van der Waals surface area contributed by atoms with Crippen molar-refractivity contribution < 1.29 is 13.9 Å². The minimum atomic E-state index is -0.338. The average Bonchev–Trinajstić information content (AvgIpc) is 3.10. The molecule has 0 aliphatic carbocycles. The van der Waals surface area contributed by atoms with E-state index in [1.165, 1.54) is 12.1 Å². The van der Waals surface area contributed by atoms with Gasteiger partial charge in [-0.15, -0.1) is 0 Å². The third-order valence-electron chi connectivity index (χ3n) is 3.84. The number of halogens is 1. The molecule has 0 saturated carbocycles. The summed E-state index contributed by atoms with van der Waals surface area (Å²) in [5.74, 6) is 0.0543. The van der Waals surface area contributed by atoms with Crippen molar-refractivity contribution in [3.63, 3.8) is 0 Å². The van der Waals surface area contributed by atoms with E-state index in [1.807, 2.05) is 0 Å². The number of nitrogens with one attached hydrogen (secondary N) is 3. The zero-order chi connectivity index (χ0) is 17.5. The summed E-state index contributed by atoms with van der Waals surface area (Å²) in [4.78, 5) is 20.3. The molecule has 1 saturated heterocycles. The van der Waals surface area contributed by atoms with E-state index in [2.05, 4.69) is 26.1 Å². The molecule has 2 aromatic rings. The summed E-state index contributed by atoms with van der Waals surface area (Å²) < 4.78 is 18.7. The number of amides is 1. The number of hydrogen-bond acceptors (Lipinski definition) is 6. The van der Waals surface area contributed by atoms with E-state index < -0.39 is 0 Å². The minimum absolute atomic E-state index is 0.0287. The Hall–Kier alpha value is -2.58. The molecule has 2 heterocycles. The van der Waals surface area contributed by atoms with Crippen molar-refractivity contribution in [2.75, 3.05) is 13.2 Å². The minimum Gasteiger partial charge on any atom is -0.492 e. The third-order valence-corrected chi connectivity index (χ3v) is 3.84. The molecule has 25 heavy (non-hydrogen) atoms. The molecular weight excluding hydrogens is 325 g/mol. The lowest BCUT2D eigenvalue weighted by Gasteiger charge is -2.11. The normalized spacial score (nSPS) is 19.6. The summed E-state index contributed by atoms with van der Waals surface area (Å²) >= 11 is 0. The highest BCUT2D eigenvalue weighted by Crippen LogP contribution is 2.14. The van der Waals surface area contributed by atoms with Crippen LogP contribution < -0.4 is 20.9 Å². The molecule has 1 fully saturated rings. The van der Waals surface area contributed by atoms with Crippen LogP contribution in [-0.4, -0.2) is 41.1 Å². The molecule has 8 heteroatoms. The number of benzene rings is 1. The third kappa shape index (κ3) is 5.20. The predicted octanol–water partition coefficient (Wildman–Crippen LogP) is 0.588. The second-order valence-corrected chi connectivity index (χ2v) is 5.78. The van der Waals surface area contributed by atoms with Crippen molar-refractivity contribution in [1.82, 2.24) is 26.1 Å². The molecule has 1 aliphatic heterocycles. The summed E-state index contributed by atoms with van der Waals surface area (Å²) in [6, 6.07) is 5.63. The van der Waals surface area contributed by atoms with E-state index >= 15 is 0 Å². The molecule has 2 atom stereocenters. The van der Waals surface area contributed by atoms with Crippen LogP contribution in [0.5, 0.6) is 5.75 Å². The van der Waals surface area contributed by atoms with Crippen LogP contribution in [0.3, 0.4) is 0 Å². The smallest absolute Gasteiger partial charge is 0.238 e. The molecule has 132 valence electrons. The van der Waals surface area contributed by atoms with Crippen LogP contribution in [0.15, 0.2) is 42.9 Å². The number of hydrazine groups is 1.